The molecule has 5 rings (SSSR count). The quantitative estimate of drug-likeness (QED) is 0.390. The molecule has 0 saturated carbocycles. The third-order valence-corrected chi connectivity index (χ3v) is 22.1. The summed E-state index contributed by atoms with van der Waals surface area (Å²) in [5.74, 6) is 0. The van der Waals surface area contributed by atoms with Crippen molar-refractivity contribution in [3.05, 3.63) is 90.4 Å². The first kappa shape index (κ1) is 17.8. The second kappa shape index (κ2) is 5.88. The molecule has 0 N–H and O–H groups in total. The fourth-order valence-corrected chi connectivity index (χ4v) is 23.1. The molecule has 2 aliphatic carbocycles. The molecule has 26 heavy (non-hydrogen) atoms. The third kappa shape index (κ3) is 2.46. The molecule has 0 fully saturated rings. The molecule has 6 heteroatoms. The predicted molar refractivity (Wildman–Crippen MR) is 113 cm³/mol. The Morgan fingerprint density at radius 3 is 2.38 bits per heavy atom. The number of fused-ring (bicyclic) bond motifs is 4. The van der Waals surface area contributed by atoms with Crippen LogP contribution in [0.3, 0.4) is 0 Å². The van der Waals surface area contributed by atoms with Crippen molar-refractivity contribution in [3.63, 3.8) is 0 Å². The normalized spacial score (nSPS) is 24.5. The second-order valence-corrected chi connectivity index (χ2v) is 34.5. The summed E-state index contributed by atoms with van der Waals surface area (Å²) >= 11 is -1.17. The van der Waals surface area contributed by atoms with Gasteiger partial charge in [-0.25, -0.2) is 0 Å². The Hall–Kier alpha value is -0.247. The van der Waals surface area contributed by atoms with E-state index in [9.17, 15) is 0 Å². The van der Waals surface area contributed by atoms with Crippen LogP contribution in [0.15, 0.2) is 68.1 Å². The molecule has 1 aliphatic heterocycles. The number of halogens is 3. The van der Waals surface area contributed by atoms with Crippen molar-refractivity contribution in [3.8, 4) is 0 Å². The van der Waals surface area contributed by atoms with Crippen molar-refractivity contribution in [2.75, 3.05) is 0 Å². The average Bonchev–Trinajstić information content (AvgIpc) is 3.25. The molecule has 3 aliphatic rings. The van der Waals surface area contributed by atoms with Gasteiger partial charge in [-0.2, -0.15) is 0 Å². The van der Waals surface area contributed by atoms with Gasteiger partial charge in [0.1, 0.15) is 0 Å². The first-order valence-electron chi connectivity index (χ1n) is 8.32. The number of rotatable bonds is 2. The van der Waals surface area contributed by atoms with E-state index in [0.29, 0.717) is 4.67 Å². The molecular formula is C20H14BrCl2OSZr. The molecule has 131 valence electrons. The first-order valence-corrected chi connectivity index (χ1v) is 21.8. The van der Waals surface area contributed by atoms with Crippen molar-refractivity contribution in [1.82, 2.24) is 0 Å². The standard InChI is InChI=1S/C11H6BrO.C9H7.2ClH.H2S.Zr/c12-10-6-8-5-7-3-1-2-4-9(7)11(8)13-10;1-2-5-9-7-3-6-8(9)4-1;;;;/h1-5,11H;1-7H;2*1H;1H2;/q;;;;;+3/p-3. The molecule has 1 heterocycles. The van der Waals surface area contributed by atoms with E-state index in [-0.39, 0.29) is 9.73 Å². The molecule has 0 amide bonds. The number of ether oxygens (including phenoxy) is 1. The third-order valence-electron chi connectivity index (χ3n) is 5.35. The van der Waals surface area contributed by atoms with Gasteiger partial charge in [0, 0.05) is 0 Å². The zero-order valence-corrected chi connectivity index (χ0v) is 19.9. The first-order chi connectivity index (χ1) is 12.4. The number of hydrogen-bond donors (Lipinski definition) is 1. The molecule has 0 radical (unpaired) electrons. The van der Waals surface area contributed by atoms with Gasteiger partial charge in [0.2, 0.25) is 0 Å². The number of benzene rings is 2. The molecule has 0 saturated heterocycles. The van der Waals surface area contributed by atoms with E-state index in [4.69, 9.17) is 31.1 Å². The average molecular weight is 544 g/mol. The van der Waals surface area contributed by atoms with Gasteiger partial charge in [-0.3, -0.25) is 0 Å². The summed E-state index contributed by atoms with van der Waals surface area (Å²) in [4.78, 5) is 0. The van der Waals surface area contributed by atoms with Crippen molar-refractivity contribution in [2.45, 2.75) is 9.73 Å². The Morgan fingerprint density at radius 1 is 0.962 bits per heavy atom. The Balaban J connectivity index is 1.66. The summed E-state index contributed by atoms with van der Waals surface area (Å²) in [5.41, 5.74) is 5.64. The number of hydrogen-bond acceptors (Lipinski definition) is 2. The van der Waals surface area contributed by atoms with Gasteiger partial charge in [-0.15, -0.1) is 0 Å². The summed E-state index contributed by atoms with van der Waals surface area (Å²) in [6.45, 7) is 0. The van der Waals surface area contributed by atoms with Crippen LogP contribution in [0.5, 0.6) is 0 Å². The van der Waals surface area contributed by atoms with E-state index in [1.54, 1.807) is 0 Å². The van der Waals surface area contributed by atoms with Gasteiger partial charge in [0.15, 0.2) is 0 Å². The Kier molecular flexibility index (Phi) is 4.03. The van der Waals surface area contributed by atoms with E-state index in [0.717, 1.165) is 31.1 Å². The van der Waals surface area contributed by atoms with Gasteiger partial charge in [0.05, 0.1) is 0 Å². The molecule has 0 spiro atoms. The Labute approximate surface area is 172 Å². The van der Waals surface area contributed by atoms with Gasteiger partial charge in [-0.1, -0.05) is 0 Å². The fourth-order valence-electron chi connectivity index (χ4n) is 4.16. The molecule has 1 nitrogen and oxygen atoms in total. The fraction of sp³-hybridized carbons (Fsp3) is 0.100. The molecule has 0 bridgehead atoms. The zero-order valence-electron chi connectivity index (χ0n) is 13.5. The van der Waals surface area contributed by atoms with Crippen LogP contribution in [-0.4, -0.2) is 0 Å². The summed E-state index contributed by atoms with van der Waals surface area (Å²) < 4.78 is 7.57. The van der Waals surface area contributed by atoms with Crippen LogP contribution in [0.2, 0.25) is 0 Å². The van der Waals surface area contributed by atoms with Crippen molar-refractivity contribution >= 4 is 54.5 Å². The van der Waals surface area contributed by atoms with Crippen LogP contribution in [0, 0.1) is 0 Å². The van der Waals surface area contributed by atoms with Crippen LogP contribution in [0.4, 0.5) is 0 Å². The molecular weight excluding hydrogens is 530 g/mol. The Morgan fingerprint density at radius 2 is 1.62 bits per heavy atom. The van der Waals surface area contributed by atoms with E-state index in [1.165, 1.54) is 0 Å². The summed E-state index contributed by atoms with van der Waals surface area (Å²) in [6, 6.07) is 16.4. The van der Waals surface area contributed by atoms with Gasteiger partial charge in [-0.05, 0) is 0 Å². The maximum atomic E-state index is 7.32. The van der Waals surface area contributed by atoms with Crippen LogP contribution in [0.1, 0.15) is 32.0 Å². The van der Waals surface area contributed by atoms with Crippen LogP contribution < -0.4 is 0 Å². The zero-order chi connectivity index (χ0) is 18.1. The summed E-state index contributed by atoms with van der Waals surface area (Å²) in [6.07, 6.45) is 6.18. The molecule has 2 atom stereocenters. The van der Waals surface area contributed by atoms with E-state index in [1.807, 2.05) is 24.3 Å². The van der Waals surface area contributed by atoms with Gasteiger partial charge < -0.3 is 0 Å². The van der Waals surface area contributed by atoms with Gasteiger partial charge >= 0.3 is 174 Å². The van der Waals surface area contributed by atoms with Gasteiger partial charge in [0.25, 0.3) is 0 Å². The predicted octanol–water partition coefficient (Wildman–Crippen LogP) is 7.33. The minimum absolute atomic E-state index is 0.103. The van der Waals surface area contributed by atoms with E-state index < -0.39 is 14.9 Å². The molecule has 2 unspecified atom stereocenters. The molecule has 0 aromatic heterocycles. The second-order valence-electron chi connectivity index (χ2n) is 6.87. The molecule has 2 aromatic rings. The Bertz CT molecular complexity index is 1050. The summed E-state index contributed by atoms with van der Waals surface area (Å²) in [5, 5.41) is 0. The number of allylic oxidation sites excluding steroid dienone is 1. The van der Waals surface area contributed by atoms with Crippen molar-refractivity contribution in [2.24, 2.45) is 0 Å². The van der Waals surface area contributed by atoms with Crippen LogP contribution in [-0.2, 0) is 19.7 Å². The van der Waals surface area contributed by atoms with Crippen molar-refractivity contribution < 1.29 is 19.7 Å². The minimum atomic E-state index is -4.76. The van der Waals surface area contributed by atoms with E-state index in [2.05, 4.69) is 58.4 Å². The monoisotopic (exact) mass is 541 g/mol. The number of thiol groups is 1. The maximum absolute atomic E-state index is 7.32. The van der Waals surface area contributed by atoms with E-state index >= 15 is 0 Å². The summed E-state index contributed by atoms with van der Waals surface area (Å²) in [7, 11) is 19.7. The molecule has 2 aromatic carbocycles. The van der Waals surface area contributed by atoms with Crippen LogP contribution >= 0.6 is 42.3 Å². The SMILES string of the molecule is [SH][Zr]([Cl])([Cl])([C]1=C(Br)OC2C1=Cc1ccccc12)[CH]1C=Cc2ccccc21. The van der Waals surface area contributed by atoms with Crippen molar-refractivity contribution in [1.29, 1.82) is 0 Å². The van der Waals surface area contributed by atoms with Crippen LogP contribution in [0.25, 0.3) is 12.2 Å². The topological polar surface area (TPSA) is 9.23 Å².